The molecule has 0 aromatic heterocycles. The quantitative estimate of drug-likeness (QED) is 0.626. The molecule has 1 amide bonds. The third-order valence-corrected chi connectivity index (χ3v) is 2.65. The van der Waals surface area contributed by atoms with E-state index in [1.165, 1.54) is 6.92 Å². The zero-order chi connectivity index (χ0) is 12.0. The van der Waals surface area contributed by atoms with E-state index in [1.54, 1.807) is 0 Å². The number of carbonyl (C=O) groups is 2. The lowest BCUT2D eigenvalue weighted by Crippen LogP contribution is -2.36. The maximum atomic E-state index is 11.3. The second kappa shape index (κ2) is 6.28. The van der Waals surface area contributed by atoms with Crippen LogP contribution in [0.15, 0.2) is 30.3 Å². The van der Waals surface area contributed by atoms with Crippen molar-refractivity contribution in [3.8, 4) is 0 Å². The van der Waals surface area contributed by atoms with Gasteiger partial charge in [0.25, 0.3) is 0 Å². The highest BCUT2D eigenvalue weighted by molar-refractivity contribution is 6.41. The number of carbonyl (C=O) groups excluding carboxylic acids is 2. The first-order chi connectivity index (χ1) is 7.61. The molecule has 0 saturated heterocycles. The summed E-state index contributed by atoms with van der Waals surface area (Å²) in [4.78, 5) is 22.1. The Balaban J connectivity index is 2.31. The molecule has 0 radical (unpaired) electrons. The van der Waals surface area contributed by atoms with Crippen LogP contribution >= 0.6 is 11.6 Å². The van der Waals surface area contributed by atoms with Crippen LogP contribution in [-0.4, -0.2) is 23.6 Å². The van der Waals surface area contributed by atoms with Gasteiger partial charge in [0, 0.05) is 6.54 Å². The van der Waals surface area contributed by atoms with E-state index in [0.29, 0.717) is 6.54 Å². The van der Waals surface area contributed by atoms with Crippen molar-refractivity contribution < 1.29 is 9.59 Å². The van der Waals surface area contributed by atoms with Crippen LogP contribution in [0.1, 0.15) is 12.5 Å². The molecule has 0 aliphatic heterocycles. The molecule has 3 nitrogen and oxygen atoms in total. The van der Waals surface area contributed by atoms with Gasteiger partial charge in [0.2, 0.25) is 5.91 Å². The summed E-state index contributed by atoms with van der Waals surface area (Å²) >= 11 is 5.59. The molecule has 1 aromatic rings. The summed E-state index contributed by atoms with van der Waals surface area (Å²) in [6.45, 7) is 1.79. The predicted octanol–water partition coefficient (Wildman–Crippen LogP) is 1.54. The largest absolute Gasteiger partial charge is 0.354 e. The molecule has 0 aliphatic rings. The molecule has 0 aliphatic carbocycles. The fourth-order valence-electron chi connectivity index (χ4n) is 1.25. The summed E-state index contributed by atoms with van der Waals surface area (Å²) in [7, 11) is 0. The van der Waals surface area contributed by atoms with Crippen molar-refractivity contribution in [2.45, 2.75) is 18.7 Å². The molecule has 1 aromatic carbocycles. The van der Waals surface area contributed by atoms with Gasteiger partial charge in [-0.25, -0.2) is 0 Å². The fraction of sp³-hybridized carbons (Fsp3) is 0.333. The van der Waals surface area contributed by atoms with Crippen molar-refractivity contribution in [3.63, 3.8) is 0 Å². The molecule has 0 bridgehead atoms. The molecule has 86 valence electrons. The molecular formula is C12H14ClNO2. The standard InChI is InChI=1S/C12H14ClNO2/c1-9(15)11(13)12(16)14-8-7-10-5-3-2-4-6-10/h2-6,11H,7-8H2,1H3,(H,14,16). The van der Waals surface area contributed by atoms with Crippen LogP contribution in [0.2, 0.25) is 0 Å². The van der Waals surface area contributed by atoms with Gasteiger partial charge < -0.3 is 5.32 Å². The molecule has 4 heteroatoms. The third kappa shape index (κ3) is 4.03. The van der Waals surface area contributed by atoms with Gasteiger partial charge in [-0.05, 0) is 18.9 Å². The van der Waals surface area contributed by atoms with E-state index in [4.69, 9.17) is 11.6 Å². The van der Waals surface area contributed by atoms with Crippen molar-refractivity contribution in [3.05, 3.63) is 35.9 Å². The molecule has 1 unspecified atom stereocenters. The van der Waals surface area contributed by atoms with E-state index >= 15 is 0 Å². The lowest BCUT2D eigenvalue weighted by Gasteiger charge is -2.07. The number of alkyl halides is 1. The molecule has 1 rings (SSSR count). The van der Waals surface area contributed by atoms with E-state index in [2.05, 4.69) is 5.32 Å². The minimum atomic E-state index is -1.07. The SMILES string of the molecule is CC(=O)C(Cl)C(=O)NCCc1ccccc1. The van der Waals surface area contributed by atoms with Crippen LogP contribution in [0.5, 0.6) is 0 Å². The Bertz CT molecular complexity index is 365. The third-order valence-electron chi connectivity index (χ3n) is 2.14. The number of hydrogen-bond acceptors (Lipinski definition) is 2. The van der Waals surface area contributed by atoms with Crippen molar-refractivity contribution in [1.29, 1.82) is 0 Å². The van der Waals surface area contributed by atoms with Gasteiger partial charge in [-0.3, -0.25) is 9.59 Å². The zero-order valence-corrected chi connectivity index (χ0v) is 9.83. The molecule has 0 heterocycles. The highest BCUT2D eigenvalue weighted by Gasteiger charge is 2.18. The topological polar surface area (TPSA) is 46.2 Å². The predicted molar refractivity (Wildman–Crippen MR) is 63.5 cm³/mol. The Labute approximate surface area is 99.8 Å². The van der Waals surface area contributed by atoms with E-state index in [-0.39, 0.29) is 5.78 Å². The normalized spacial score (nSPS) is 11.9. The summed E-state index contributed by atoms with van der Waals surface area (Å²) in [6, 6.07) is 9.78. The lowest BCUT2D eigenvalue weighted by atomic mass is 10.1. The van der Waals surface area contributed by atoms with Gasteiger partial charge >= 0.3 is 0 Å². The first-order valence-corrected chi connectivity index (χ1v) is 5.51. The number of benzene rings is 1. The summed E-state index contributed by atoms with van der Waals surface area (Å²) < 4.78 is 0. The second-order valence-corrected chi connectivity index (χ2v) is 3.94. The highest BCUT2D eigenvalue weighted by atomic mass is 35.5. The monoisotopic (exact) mass is 239 g/mol. The van der Waals surface area contributed by atoms with E-state index in [0.717, 1.165) is 12.0 Å². The minimum Gasteiger partial charge on any atom is -0.354 e. The highest BCUT2D eigenvalue weighted by Crippen LogP contribution is 2.00. The molecule has 1 atom stereocenters. The van der Waals surface area contributed by atoms with Gasteiger partial charge in [0.15, 0.2) is 11.2 Å². The molecule has 0 fully saturated rings. The molecule has 0 spiro atoms. The zero-order valence-electron chi connectivity index (χ0n) is 9.07. The number of halogens is 1. The maximum absolute atomic E-state index is 11.3. The Morgan fingerprint density at radius 3 is 2.50 bits per heavy atom. The Kier molecular flexibility index (Phi) is 4.99. The fourth-order valence-corrected chi connectivity index (χ4v) is 1.33. The number of Topliss-reactive ketones (excluding diaryl/α,β-unsaturated/α-hetero) is 1. The molecular weight excluding hydrogens is 226 g/mol. The van der Waals surface area contributed by atoms with Crippen LogP contribution in [-0.2, 0) is 16.0 Å². The average Bonchev–Trinajstić information content (AvgIpc) is 2.29. The molecule has 1 N–H and O–H groups in total. The van der Waals surface area contributed by atoms with E-state index in [1.807, 2.05) is 30.3 Å². The smallest absolute Gasteiger partial charge is 0.245 e. The first-order valence-electron chi connectivity index (χ1n) is 5.07. The Morgan fingerprint density at radius 1 is 1.31 bits per heavy atom. The Hall–Kier alpha value is -1.35. The van der Waals surface area contributed by atoms with E-state index in [9.17, 15) is 9.59 Å². The van der Waals surface area contributed by atoms with Gasteiger partial charge in [-0.2, -0.15) is 0 Å². The van der Waals surface area contributed by atoms with Crippen molar-refractivity contribution in [2.75, 3.05) is 6.54 Å². The summed E-state index contributed by atoms with van der Waals surface area (Å²) in [6.07, 6.45) is 0.730. The maximum Gasteiger partial charge on any atom is 0.245 e. The summed E-state index contributed by atoms with van der Waals surface area (Å²) in [5, 5.41) is 1.55. The second-order valence-electron chi connectivity index (χ2n) is 3.50. The number of hydrogen-bond donors (Lipinski definition) is 1. The number of ketones is 1. The van der Waals surface area contributed by atoms with Crippen LogP contribution in [0.3, 0.4) is 0 Å². The number of nitrogens with one attached hydrogen (secondary N) is 1. The average molecular weight is 240 g/mol. The minimum absolute atomic E-state index is 0.334. The van der Waals surface area contributed by atoms with Gasteiger partial charge in [0.05, 0.1) is 0 Å². The molecule has 16 heavy (non-hydrogen) atoms. The van der Waals surface area contributed by atoms with Crippen LogP contribution in [0.4, 0.5) is 0 Å². The van der Waals surface area contributed by atoms with Gasteiger partial charge in [-0.15, -0.1) is 11.6 Å². The van der Waals surface area contributed by atoms with Crippen LogP contribution in [0.25, 0.3) is 0 Å². The summed E-state index contributed by atoms with van der Waals surface area (Å²) in [5.41, 5.74) is 1.14. The first kappa shape index (κ1) is 12.7. The van der Waals surface area contributed by atoms with Crippen molar-refractivity contribution in [2.24, 2.45) is 0 Å². The van der Waals surface area contributed by atoms with Gasteiger partial charge in [0.1, 0.15) is 0 Å². The Morgan fingerprint density at radius 2 is 1.94 bits per heavy atom. The van der Waals surface area contributed by atoms with Gasteiger partial charge in [-0.1, -0.05) is 30.3 Å². The lowest BCUT2D eigenvalue weighted by molar-refractivity contribution is -0.126. The van der Waals surface area contributed by atoms with Crippen molar-refractivity contribution in [1.82, 2.24) is 5.32 Å². The van der Waals surface area contributed by atoms with Crippen LogP contribution < -0.4 is 5.32 Å². The summed E-state index contributed by atoms with van der Waals surface area (Å²) in [5.74, 6) is -0.760. The number of amides is 1. The van der Waals surface area contributed by atoms with Crippen molar-refractivity contribution >= 4 is 23.3 Å². The molecule has 0 saturated carbocycles. The van der Waals surface area contributed by atoms with E-state index < -0.39 is 11.3 Å². The van der Waals surface area contributed by atoms with Crippen LogP contribution in [0, 0.1) is 0 Å². The number of rotatable bonds is 5.